The van der Waals surface area contributed by atoms with E-state index in [2.05, 4.69) is 21.2 Å². The highest BCUT2D eigenvalue weighted by Crippen LogP contribution is 2.27. The van der Waals surface area contributed by atoms with Crippen LogP contribution in [0.3, 0.4) is 0 Å². The molecule has 0 aromatic heterocycles. The van der Waals surface area contributed by atoms with Gasteiger partial charge < -0.3 is 10.2 Å². The molecule has 0 saturated carbocycles. The Morgan fingerprint density at radius 2 is 1.62 bits per heavy atom. The molecule has 0 unspecified atom stereocenters. The number of nitrogens with zero attached hydrogens (tertiary/aromatic N) is 2. The van der Waals surface area contributed by atoms with Crippen LogP contribution < -0.4 is 9.62 Å². The molecular weight excluding hydrogens is 614 g/mol. The Morgan fingerprint density at radius 3 is 2.23 bits per heavy atom. The van der Waals surface area contributed by atoms with Gasteiger partial charge in [0.25, 0.3) is 10.0 Å². The lowest BCUT2D eigenvalue weighted by Crippen LogP contribution is -2.51. The van der Waals surface area contributed by atoms with E-state index in [0.29, 0.717) is 17.3 Å². The predicted octanol–water partition coefficient (Wildman–Crippen LogP) is 6.25. The number of unbranched alkanes of at least 4 members (excludes halogenated alkanes) is 1. The van der Waals surface area contributed by atoms with Crippen molar-refractivity contribution >= 4 is 55.1 Å². The molecule has 3 rings (SSSR count). The van der Waals surface area contributed by atoms with Crippen LogP contribution >= 0.6 is 27.5 Å². The minimum atomic E-state index is -4.15. The van der Waals surface area contributed by atoms with E-state index >= 15 is 0 Å². The van der Waals surface area contributed by atoms with Crippen molar-refractivity contribution in [2.45, 2.75) is 58.0 Å². The Hall–Kier alpha value is -2.88. The lowest BCUT2D eigenvalue weighted by molar-refractivity contribution is -0.139. The van der Waals surface area contributed by atoms with E-state index in [1.165, 1.54) is 29.2 Å². The number of hydrogen-bond acceptors (Lipinski definition) is 4. The summed E-state index contributed by atoms with van der Waals surface area (Å²) in [5.74, 6) is -0.797. The number of carbonyl (C=O) groups excluding carboxylic acids is 2. The van der Waals surface area contributed by atoms with Gasteiger partial charge in [0.1, 0.15) is 12.6 Å². The molecule has 0 bridgehead atoms. The summed E-state index contributed by atoms with van der Waals surface area (Å²) in [5.41, 5.74) is 3.04. The van der Waals surface area contributed by atoms with Crippen LogP contribution in [0.25, 0.3) is 0 Å². The first-order chi connectivity index (χ1) is 18.9. The molecular formula is C30H35BrClN3O4S. The van der Waals surface area contributed by atoms with E-state index in [9.17, 15) is 18.0 Å². The van der Waals surface area contributed by atoms with Gasteiger partial charge in [-0.3, -0.25) is 13.9 Å². The molecule has 1 atom stereocenters. The fourth-order valence-corrected chi connectivity index (χ4v) is 5.84. The zero-order chi connectivity index (χ0) is 29.4. The van der Waals surface area contributed by atoms with Crippen molar-refractivity contribution in [1.82, 2.24) is 10.2 Å². The van der Waals surface area contributed by atoms with Gasteiger partial charge in [0.05, 0.1) is 10.6 Å². The summed E-state index contributed by atoms with van der Waals surface area (Å²) in [6.07, 6.45) is 1.74. The molecule has 10 heteroatoms. The first kappa shape index (κ1) is 31.6. The number of nitrogens with one attached hydrogen (secondary N) is 1. The molecule has 214 valence electrons. The molecule has 0 spiro atoms. The Bertz CT molecular complexity index is 1430. The minimum absolute atomic E-state index is 0.00717. The van der Waals surface area contributed by atoms with E-state index in [-0.39, 0.29) is 17.3 Å². The van der Waals surface area contributed by atoms with Gasteiger partial charge in [0, 0.05) is 22.6 Å². The van der Waals surface area contributed by atoms with Crippen LogP contribution in [-0.2, 0) is 26.2 Å². The molecule has 1 N–H and O–H groups in total. The number of aryl methyl sites for hydroxylation is 2. The molecule has 7 nitrogen and oxygen atoms in total. The van der Waals surface area contributed by atoms with Crippen molar-refractivity contribution in [1.29, 1.82) is 0 Å². The third kappa shape index (κ3) is 8.08. The zero-order valence-electron chi connectivity index (χ0n) is 23.2. The Kier molecular flexibility index (Phi) is 11.2. The molecule has 3 aromatic rings. The van der Waals surface area contributed by atoms with Gasteiger partial charge in [-0.2, -0.15) is 0 Å². The normalized spacial score (nSPS) is 12.1. The maximum absolute atomic E-state index is 14.0. The average molecular weight is 649 g/mol. The Balaban J connectivity index is 2.02. The van der Waals surface area contributed by atoms with Crippen molar-refractivity contribution in [3.63, 3.8) is 0 Å². The predicted molar refractivity (Wildman–Crippen MR) is 164 cm³/mol. The van der Waals surface area contributed by atoms with Crippen molar-refractivity contribution in [2.24, 2.45) is 0 Å². The number of carbonyl (C=O) groups is 2. The first-order valence-electron chi connectivity index (χ1n) is 13.1. The highest BCUT2D eigenvalue weighted by atomic mass is 79.9. The molecule has 0 aliphatic heterocycles. The molecule has 0 heterocycles. The van der Waals surface area contributed by atoms with Crippen LogP contribution in [0.2, 0.25) is 5.02 Å². The average Bonchev–Trinajstić information content (AvgIpc) is 2.92. The molecule has 0 aliphatic rings. The van der Waals surface area contributed by atoms with Crippen molar-refractivity contribution in [3.8, 4) is 0 Å². The molecule has 2 amide bonds. The van der Waals surface area contributed by atoms with E-state index in [0.717, 1.165) is 38.3 Å². The number of anilines is 1. The number of amides is 2. The third-order valence-electron chi connectivity index (χ3n) is 6.72. The summed E-state index contributed by atoms with van der Waals surface area (Å²) >= 11 is 9.43. The second kappa shape index (κ2) is 14.1. The van der Waals surface area contributed by atoms with Crippen molar-refractivity contribution in [2.75, 3.05) is 17.4 Å². The highest BCUT2D eigenvalue weighted by Gasteiger charge is 2.32. The van der Waals surface area contributed by atoms with Crippen LogP contribution in [0.15, 0.2) is 76.1 Å². The van der Waals surface area contributed by atoms with E-state index in [1.54, 1.807) is 19.1 Å². The van der Waals surface area contributed by atoms with E-state index < -0.39 is 28.5 Å². The monoisotopic (exact) mass is 647 g/mol. The van der Waals surface area contributed by atoms with Crippen LogP contribution in [0.5, 0.6) is 0 Å². The summed E-state index contributed by atoms with van der Waals surface area (Å²) in [6, 6.07) is 17.7. The molecule has 3 aromatic carbocycles. The van der Waals surface area contributed by atoms with Crippen LogP contribution in [-0.4, -0.2) is 44.3 Å². The van der Waals surface area contributed by atoms with Crippen molar-refractivity contribution in [3.05, 3.63) is 92.9 Å². The molecule has 0 aliphatic carbocycles. The van der Waals surface area contributed by atoms with Gasteiger partial charge in [-0.05, 0) is 92.4 Å². The van der Waals surface area contributed by atoms with E-state index in [1.807, 2.05) is 51.1 Å². The van der Waals surface area contributed by atoms with Gasteiger partial charge in [-0.1, -0.05) is 59.1 Å². The quantitative estimate of drug-likeness (QED) is 0.235. The molecule has 0 fully saturated rings. The van der Waals surface area contributed by atoms with Crippen molar-refractivity contribution < 1.29 is 18.0 Å². The Labute approximate surface area is 250 Å². The number of rotatable bonds is 12. The van der Waals surface area contributed by atoms with Crippen LogP contribution in [0, 0.1) is 13.8 Å². The van der Waals surface area contributed by atoms with Gasteiger partial charge in [-0.15, -0.1) is 0 Å². The standard InChI is InChI=1S/C30H35BrClN3O4S/c1-5-6-17-33-30(37)23(4)34(19-24-8-10-25(31)11-9-24)29(36)20-35(27-14-7-21(2)22(3)18-27)40(38,39)28-15-12-26(32)13-16-28/h7-16,18,23H,5-6,17,19-20H2,1-4H3,(H,33,37)/t23-/m0/s1. The maximum Gasteiger partial charge on any atom is 0.264 e. The lowest BCUT2D eigenvalue weighted by Gasteiger charge is -2.32. The summed E-state index contributed by atoms with van der Waals surface area (Å²) in [5, 5.41) is 3.29. The lowest BCUT2D eigenvalue weighted by atomic mass is 10.1. The topological polar surface area (TPSA) is 86.8 Å². The summed E-state index contributed by atoms with van der Waals surface area (Å²) in [6.45, 7) is 7.65. The molecule has 40 heavy (non-hydrogen) atoms. The van der Waals surface area contributed by atoms with Gasteiger partial charge in [0.15, 0.2) is 0 Å². The second-order valence-corrected chi connectivity index (χ2v) is 12.9. The first-order valence-corrected chi connectivity index (χ1v) is 15.7. The van der Waals surface area contributed by atoms with Gasteiger partial charge in [0.2, 0.25) is 11.8 Å². The largest absolute Gasteiger partial charge is 0.354 e. The highest BCUT2D eigenvalue weighted by molar-refractivity contribution is 9.10. The summed E-state index contributed by atoms with van der Waals surface area (Å²) < 4.78 is 29.8. The van der Waals surface area contributed by atoms with Crippen LogP contribution in [0.4, 0.5) is 5.69 Å². The Morgan fingerprint density at radius 1 is 0.975 bits per heavy atom. The van der Waals surface area contributed by atoms with Gasteiger partial charge in [-0.25, -0.2) is 8.42 Å². The molecule has 0 saturated heterocycles. The number of halogens is 2. The number of sulfonamides is 1. The maximum atomic E-state index is 14.0. The van der Waals surface area contributed by atoms with Crippen LogP contribution in [0.1, 0.15) is 43.4 Å². The number of benzene rings is 3. The molecule has 0 radical (unpaired) electrons. The van der Waals surface area contributed by atoms with Gasteiger partial charge >= 0.3 is 0 Å². The van der Waals surface area contributed by atoms with E-state index in [4.69, 9.17) is 11.6 Å². The zero-order valence-corrected chi connectivity index (χ0v) is 26.3. The number of hydrogen-bond donors (Lipinski definition) is 1. The fraction of sp³-hybridized carbons (Fsp3) is 0.333. The second-order valence-electron chi connectivity index (χ2n) is 9.70. The summed E-state index contributed by atoms with van der Waals surface area (Å²) in [7, 11) is -4.15. The SMILES string of the molecule is CCCCNC(=O)[C@H](C)N(Cc1ccc(Br)cc1)C(=O)CN(c1ccc(C)c(C)c1)S(=O)(=O)c1ccc(Cl)cc1. The minimum Gasteiger partial charge on any atom is -0.354 e. The third-order valence-corrected chi connectivity index (χ3v) is 9.29. The smallest absolute Gasteiger partial charge is 0.264 e. The summed E-state index contributed by atoms with van der Waals surface area (Å²) in [4.78, 5) is 28.4. The fourth-order valence-electron chi connectivity index (χ4n) is 4.05.